The molecule has 0 radical (unpaired) electrons. The summed E-state index contributed by atoms with van der Waals surface area (Å²) >= 11 is 0. The number of tetrazole rings is 1. The number of hydrogen-bond donors (Lipinski definition) is 1. The third-order valence-corrected chi connectivity index (χ3v) is 3.06. The van der Waals surface area contributed by atoms with Gasteiger partial charge in [0.2, 0.25) is 0 Å². The molecule has 0 bridgehead atoms. The first-order valence-corrected chi connectivity index (χ1v) is 6.57. The van der Waals surface area contributed by atoms with E-state index in [-0.39, 0.29) is 11.6 Å². The SMILES string of the molecule is Cc1cnc(C(=O)Nc2ccc(-n3cnnn3)c(C)c2)cn1. The van der Waals surface area contributed by atoms with E-state index in [4.69, 9.17) is 0 Å². The van der Waals surface area contributed by atoms with Crippen LogP contribution in [0, 0.1) is 13.8 Å². The van der Waals surface area contributed by atoms with Gasteiger partial charge in [0.25, 0.3) is 5.91 Å². The molecule has 2 heterocycles. The van der Waals surface area contributed by atoms with Crippen LogP contribution in [-0.4, -0.2) is 36.1 Å². The molecular weight excluding hydrogens is 282 g/mol. The standard InChI is InChI=1S/C14H13N7O/c1-9-5-11(3-4-13(9)21-8-17-19-20-21)18-14(22)12-7-15-10(2)6-16-12/h3-8H,1-2H3,(H,18,22). The van der Waals surface area contributed by atoms with E-state index in [1.54, 1.807) is 16.9 Å². The van der Waals surface area contributed by atoms with Gasteiger partial charge in [-0.05, 0) is 48.0 Å². The smallest absolute Gasteiger partial charge is 0.275 e. The van der Waals surface area contributed by atoms with Gasteiger partial charge in [-0.3, -0.25) is 9.78 Å². The number of aromatic nitrogens is 6. The van der Waals surface area contributed by atoms with E-state index in [0.29, 0.717) is 5.69 Å². The van der Waals surface area contributed by atoms with Gasteiger partial charge < -0.3 is 5.32 Å². The summed E-state index contributed by atoms with van der Waals surface area (Å²) in [5.74, 6) is -0.304. The highest BCUT2D eigenvalue weighted by atomic mass is 16.1. The molecule has 3 rings (SSSR count). The lowest BCUT2D eigenvalue weighted by atomic mass is 10.1. The van der Waals surface area contributed by atoms with E-state index in [1.165, 1.54) is 12.5 Å². The van der Waals surface area contributed by atoms with Crippen molar-refractivity contribution in [2.45, 2.75) is 13.8 Å². The summed E-state index contributed by atoms with van der Waals surface area (Å²) in [5.41, 5.74) is 3.48. The number of carbonyl (C=O) groups excluding carboxylic acids is 1. The molecule has 2 aromatic heterocycles. The van der Waals surface area contributed by atoms with E-state index in [2.05, 4.69) is 30.8 Å². The third kappa shape index (κ3) is 2.80. The molecule has 1 N–H and O–H groups in total. The fourth-order valence-corrected chi connectivity index (χ4v) is 1.97. The summed E-state index contributed by atoms with van der Waals surface area (Å²) in [6.45, 7) is 3.73. The van der Waals surface area contributed by atoms with Crippen molar-refractivity contribution in [2.24, 2.45) is 0 Å². The van der Waals surface area contributed by atoms with Gasteiger partial charge in [0.15, 0.2) is 0 Å². The molecule has 8 heteroatoms. The lowest BCUT2D eigenvalue weighted by Crippen LogP contribution is -2.14. The number of aryl methyl sites for hydroxylation is 2. The number of benzene rings is 1. The topological polar surface area (TPSA) is 98.5 Å². The van der Waals surface area contributed by atoms with Crippen LogP contribution in [0.1, 0.15) is 21.7 Å². The summed E-state index contributed by atoms with van der Waals surface area (Å²) in [6, 6.07) is 5.46. The highest BCUT2D eigenvalue weighted by Crippen LogP contribution is 2.18. The molecule has 0 spiro atoms. The predicted molar refractivity (Wildman–Crippen MR) is 78.6 cm³/mol. The number of nitrogens with one attached hydrogen (secondary N) is 1. The minimum absolute atomic E-state index is 0.271. The molecule has 22 heavy (non-hydrogen) atoms. The Balaban J connectivity index is 1.80. The Hall–Kier alpha value is -3.16. The highest BCUT2D eigenvalue weighted by Gasteiger charge is 2.09. The Morgan fingerprint density at radius 3 is 2.68 bits per heavy atom. The van der Waals surface area contributed by atoms with Crippen molar-refractivity contribution in [3.8, 4) is 5.69 Å². The molecule has 0 aliphatic rings. The Kier molecular flexibility index (Phi) is 3.57. The number of hydrogen-bond acceptors (Lipinski definition) is 6. The molecule has 1 aromatic carbocycles. The van der Waals surface area contributed by atoms with Crippen LogP contribution in [0.3, 0.4) is 0 Å². The van der Waals surface area contributed by atoms with E-state index < -0.39 is 0 Å². The van der Waals surface area contributed by atoms with Crippen LogP contribution in [0.5, 0.6) is 0 Å². The fourth-order valence-electron chi connectivity index (χ4n) is 1.97. The second kappa shape index (κ2) is 5.68. The molecule has 3 aromatic rings. The molecule has 0 unspecified atom stereocenters. The van der Waals surface area contributed by atoms with Crippen molar-refractivity contribution in [3.05, 3.63) is 53.9 Å². The van der Waals surface area contributed by atoms with Crippen molar-refractivity contribution in [1.29, 1.82) is 0 Å². The van der Waals surface area contributed by atoms with Gasteiger partial charge in [-0.1, -0.05) is 0 Å². The summed E-state index contributed by atoms with van der Waals surface area (Å²) < 4.78 is 1.56. The maximum absolute atomic E-state index is 12.1. The van der Waals surface area contributed by atoms with E-state index in [0.717, 1.165) is 16.9 Å². The minimum Gasteiger partial charge on any atom is -0.321 e. The quantitative estimate of drug-likeness (QED) is 0.782. The fraction of sp³-hybridized carbons (Fsp3) is 0.143. The van der Waals surface area contributed by atoms with Crippen LogP contribution in [0.15, 0.2) is 36.9 Å². The van der Waals surface area contributed by atoms with Crippen molar-refractivity contribution in [1.82, 2.24) is 30.2 Å². The number of carbonyl (C=O) groups is 1. The van der Waals surface area contributed by atoms with Gasteiger partial charge in [-0.2, -0.15) is 0 Å². The van der Waals surface area contributed by atoms with Gasteiger partial charge in [0.05, 0.1) is 17.6 Å². The Morgan fingerprint density at radius 2 is 2.05 bits per heavy atom. The van der Waals surface area contributed by atoms with Crippen LogP contribution in [0.4, 0.5) is 5.69 Å². The van der Waals surface area contributed by atoms with Crippen LogP contribution >= 0.6 is 0 Å². The van der Waals surface area contributed by atoms with Crippen molar-refractivity contribution in [3.63, 3.8) is 0 Å². The summed E-state index contributed by atoms with van der Waals surface area (Å²) in [4.78, 5) is 20.2. The van der Waals surface area contributed by atoms with E-state index in [1.807, 2.05) is 26.0 Å². The number of amides is 1. The molecule has 0 aliphatic carbocycles. The minimum atomic E-state index is -0.304. The van der Waals surface area contributed by atoms with E-state index >= 15 is 0 Å². The summed E-state index contributed by atoms with van der Waals surface area (Å²) in [6.07, 6.45) is 4.52. The normalized spacial score (nSPS) is 10.5. The first-order chi connectivity index (χ1) is 10.6. The van der Waals surface area contributed by atoms with Gasteiger partial charge in [0, 0.05) is 11.9 Å². The lowest BCUT2D eigenvalue weighted by molar-refractivity contribution is 0.102. The molecule has 0 atom stereocenters. The lowest BCUT2D eigenvalue weighted by Gasteiger charge is -2.09. The maximum Gasteiger partial charge on any atom is 0.275 e. The monoisotopic (exact) mass is 295 g/mol. The van der Waals surface area contributed by atoms with Crippen LogP contribution < -0.4 is 5.32 Å². The second-order valence-corrected chi connectivity index (χ2v) is 4.75. The van der Waals surface area contributed by atoms with Gasteiger partial charge in [0.1, 0.15) is 12.0 Å². The zero-order valence-electron chi connectivity index (χ0n) is 12.1. The van der Waals surface area contributed by atoms with Crippen LogP contribution in [-0.2, 0) is 0 Å². The van der Waals surface area contributed by atoms with Crippen LogP contribution in [0.2, 0.25) is 0 Å². The molecule has 0 saturated carbocycles. The predicted octanol–water partition coefficient (Wildman–Crippen LogP) is 1.32. The maximum atomic E-state index is 12.1. The summed E-state index contributed by atoms with van der Waals surface area (Å²) in [5, 5.41) is 13.8. The largest absolute Gasteiger partial charge is 0.321 e. The molecule has 1 amide bonds. The molecule has 110 valence electrons. The van der Waals surface area contributed by atoms with Gasteiger partial charge in [-0.25, -0.2) is 9.67 Å². The molecule has 0 fully saturated rings. The van der Waals surface area contributed by atoms with Gasteiger partial charge >= 0.3 is 0 Å². The summed E-state index contributed by atoms with van der Waals surface area (Å²) in [7, 11) is 0. The first-order valence-electron chi connectivity index (χ1n) is 6.57. The third-order valence-electron chi connectivity index (χ3n) is 3.06. The molecule has 8 nitrogen and oxygen atoms in total. The van der Waals surface area contributed by atoms with Crippen molar-refractivity contribution >= 4 is 11.6 Å². The highest BCUT2D eigenvalue weighted by molar-refractivity contribution is 6.02. The Labute approximate surface area is 126 Å². The number of rotatable bonds is 3. The molecule has 0 aliphatic heterocycles. The second-order valence-electron chi connectivity index (χ2n) is 4.75. The first kappa shape index (κ1) is 13.8. The zero-order valence-corrected chi connectivity index (χ0v) is 12.1. The average Bonchev–Trinajstić information content (AvgIpc) is 3.02. The van der Waals surface area contributed by atoms with E-state index in [9.17, 15) is 4.79 Å². The zero-order chi connectivity index (χ0) is 15.5. The molecule has 0 saturated heterocycles. The number of nitrogens with zero attached hydrogens (tertiary/aromatic N) is 6. The van der Waals surface area contributed by atoms with Gasteiger partial charge in [-0.15, -0.1) is 5.10 Å². The Bertz CT molecular complexity index is 797. The van der Waals surface area contributed by atoms with Crippen LogP contribution in [0.25, 0.3) is 5.69 Å². The van der Waals surface area contributed by atoms with Crippen molar-refractivity contribution < 1.29 is 4.79 Å². The number of anilines is 1. The molecular formula is C14H13N7O. The Morgan fingerprint density at radius 1 is 1.18 bits per heavy atom. The average molecular weight is 295 g/mol. The van der Waals surface area contributed by atoms with Crippen molar-refractivity contribution in [2.75, 3.05) is 5.32 Å².